The van der Waals surface area contributed by atoms with E-state index in [1.165, 1.54) is 4.31 Å². The predicted octanol–water partition coefficient (Wildman–Crippen LogP) is 2.55. The fourth-order valence-electron chi connectivity index (χ4n) is 4.15. The number of hydrogen-bond donors (Lipinski definition) is 1. The summed E-state index contributed by atoms with van der Waals surface area (Å²) in [5.74, 6) is 0.127. The van der Waals surface area contributed by atoms with E-state index in [9.17, 15) is 13.2 Å². The summed E-state index contributed by atoms with van der Waals surface area (Å²) in [6, 6.07) is 5.27. The smallest absolute Gasteiger partial charge is 0.243 e. The molecular weight excluding hydrogens is 386 g/mol. The molecule has 1 aliphatic carbocycles. The zero-order chi connectivity index (χ0) is 18.9. The summed E-state index contributed by atoms with van der Waals surface area (Å²) in [7, 11) is -3.47. The molecule has 3 rings (SSSR count). The van der Waals surface area contributed by atoms with Crippen molar-refractivity contribution in [2.45, 2.75) is 56.9 Å². The van der Waals surface area contributed by atoms with E-state index in [1.807, 2.05) is 18.7 Å². The van der Waals surface area contributed by atoms with Gasteiger partial charge in [-0.3, -0.25) is 4.79 Å². The van der Waals surface area contributed by atoms with Gasteiger partial charge < -0.3 is 10.6 Å². The van der Waals surface area contributed by atoms with Gasteiger partial charge in [0, 0.05) is 37.3 Å². The van der Waals surface area contributed by atoms with E-state index >= 15 is 0 Å². The Morgan fingerprint density at radius 3 is 2.59 bits per heavy atom. The van der Waals surface area contributed by atoms with Crippen molar-refractivity contribution in [2.75, 3.05) is 24.5 Å². The van der Waals surface area contributed by atoms with Crippen molar-refractivity contribution in [3.63, 3.8) is 0 Å². The van der Waals surface area contributed by atoms with E-state index in [0.29, 0.717) is 31.0 Å². The van der Waals surface area contributed by atoms with Crippen molar-refractivity contribution in [3.05, 3.63) is 23.8 Å². The highest BCUT2D eigenvalue weighted by Crippen LogP contribution is 2.34. The van der Waals surface area contributed by atoms with Crippen LogP contribution in [0.2, 0.25) is 0 Å². The van der Waals surface area contributed by atoms with Gasteiger partial charge in [0.15, 0.2) is 0 Å². The van der Waals surface area contributed by atoms with Crippen LogP contribution in [-0.2, 0) is 21.2 Å². The van der Waals surface area contributed by atoms with Crippen LogP contribution in [-0.4, -0.2) is 44.3 Å². The highest BCUT2D eigenvalue weighted by atomic mass is 35.5. The standard InChI is InChI=1S/C19H29N3O3S.ClH/c1-3-21(4-2)26(24,25)17-8-9-18-14(13-17)10-11-22(18)19(23)15-6-5-7-16(20)12-15;/h8-9,13,15-16H,3-7,10-12,20H2,1-2H3;1H. The van der Waals surface area contributed by atoms with Crippen LogP contribution in [0.1, 0.15) is 45.1 Å². The van der Waals surface area contributed by atoms with Crippen LogP contribution in [0.4, 0.5) is 5.69 Å². The third kappa shape index (κ3) is 4.31. The van der Waals surface area contributed by atoms with Gasteiger partial charge in [-0.1, -0.05) is 20.3 Å². The zero-order valence-electron chi connectivity index (χ0n) is 16.1. The second kappa shape index (κ2) is 8.90. The number of benzene rings is 1. The average Bonchev–Trinajstić information content (AvgIpc) is 3.05. The molecule has 2 aliphatic rings. The van der Waals surface area contributed by atoms with Crippen molar-refractivity contribution in [1.82, 2.24) is 4.31 Å². The molecule has 27 heavy (non-hydrogen) atoms. The van der Waals surface area contributed by atoms with Crippen molar-refractivity contribution in [2.24, 2.45) is 11.7 Å². The number of anilines is 1. The lowest BCUT2D eigenvalue weighted by Crippen LogP contribution is -2.40. The third-order valence-corrected chi connectivity index (χ3v) is 7.67. The van der Waals surface area contributed by atoms with Crippen molar-refractivity contribution >= 4 is 34.0 Å². The molecule has 1 aromatic rings. The lowest BCUT2D eigenvalue weighted by molar-refractivity contribution is -0.123. The molecule has 8 heteroatoms. The topological polar surface area (TPSA) is 83.7 Å². The number of halogens is 1. The summed E-state index contributed by atoms with van der Waals surface area (Å²) in [5.41, 5.74) is 7.83. The van der Waals surface area contributed by atoms with Crippen molar-refractivity contribution < 1.29 is 13.2 Å². The molecule has 0 bridgehead atoms. The van der Waals surface area contributed by atoms with Gasteiger partial charge in [-0.15, -0.1) is 12.4 Å². The first-order valence-electron chi connectivity index (χ1n) is 9.58. The van der Waals surface area contributed by atoms with Crippen LogP contribution >= 0.6 is 12.4 Å². The highest BCUT2D eigenvalue weighted by molar-refractivity contribution is 7.89. The molecule has 152 valence electrons. The minimum Gasteiger partial charge on any atom is -0.328 e. The molecule has 1 amide bonds. The number of nitrogens with zero attached hydrogens (tertiary/aromatic N) is 2. The lowest BCUT2D eigenvalue weighted by atomic mass is 9.85. The van der Waals surface area contributed by atoms with Gasteiger partial charge in [0.2, 0.25) is 15.9 Å². The fraction of sp³-hybridized carbons (Fsp3) is 0.632. The summed E-state index contributed by atoms with van der Waals surface area (Å²) >= 11 is 0. The number of sulfonamides is 1. The highest BCUT2D eigenvalue weighted by Gasteiger charge is 2.33. The van der Waals surface area contributed by atoms with Crippen LogP contribution in [0.3, 0.4) is 0 Å². The first-order valence-corrected chi connectivity index (χ1v) is 11.0. The Bertz CT molecular complexity index is 780. The van der Waals surface area contributed by atoms with Crippen LogP contribution < -0.4 is 10.6 Å². The first kappa shape index (κ1) is 22.1. The Hall–Kier alpha value is -1.15. The summed E-state index contributed by atoms with van der Waals surface area (Å²) < 4.78 is 26.9. The molecule has 0 spiro atoms. The first-order chi connectivity index (χ1) is 12.4. The van der Waals surface area contributed by atoms with Gasteiger partial charge >= 0.3 is 0 Å². The second-order valence-corrected chi connectivity index (χ2v) is 9.18. The summed E-state index contributed by atoms with van der Waals surface area (Å²) in [6.45, 7) is 5.19. The molecule has 1 saturated carbocycles. The molecule has 1 aliphatic heterocycles. The van der Waals surface area contributed by atoms with Gasteiger partial charge in [0.1, 0.15) is 0 Å². The Morgan fingerprint density at radius 2 is 1.96 bits per heavy atom. The molecule has 2 N–H and O–H groups in total. The SMILES string of the molecule is CCN(CC)S(=O)(=O)c1ccc2c(c1)CCN2C(=O)C1CCCC(N)C1.Cl. The van der Waals surface area contributed by atoms with Crippen molar-refractivity contribution in [3.8, 4) is 0 Å². The Kier molecular flexibility index (Phi) is 7.30. The maximum atomic E-state index is 12.9. The second-order valence-electron chi connectivity index (χ2n) is 7.24. The number of nitrogens with two attached hydrogens (primary N) is 1. The van der Waals surface area contributed by atoms with Gasteiger partial charge in [-0.05, 0) is 49.4 Å². The molecule has 6 nitrogen and oxygen atoms in total. The quantitative estimate of drug-likeness (QED) is 0.800. The zero-order valence-corrected chi connectivity index (χ0v) is 17.7. The molecule has 2 unspecified atom stereocenters. The number of hydrogen-bond acceptors (Lipinski definition) is 4. The summed E-state index contributed by atoms with van der Waals surface area (Å²) in [4.78, 5) is 15.1. The third-order valence-electron chi connectivity index (χ3n) is 5.62. The van der Waals surface area contributed by atoms with Gasteiger partial charge in [-0.2, -0.15) is 4.31 Å². The van der Waals surface area contributed by atoms with Crippen LogP contribution in [0.5, 0.6) is 0 Å². The van der Waals surface area contributed by atoms with E-state index in [0.717, 1.165) is 36.9 Å². The Balaban J connectivity index is 0.00000261. The molecule has 1 aromatic carbocycles. The maximum absolute atomic E-state index is 12.9. The van der Waals surface area contributed by atoms with Gasteiger partial charge in [0.25, 0.3) is 0 Å². The largest absolute Gasteiger partial charge is 0.328 e. The predicted molar refractivity (Wildman–Crippen MR) is 110 cm³/mol. The lowest BCUT2D eigenvalue weighted by Gasteiger charge is -2.29. The average molecular weight is 416 g/mol. The fourth-order valence-corrected chi connectivity index (χ4v) is 5.66. The van der Waals surface area contributed by atoms with Crippen LogP contribution in [0.15, 0.2) is 23.1 Å². The number of rotatable bonds is 5. The molecular formula is C19H30ClN3O3S. The van der Waals surface area contributed by atoms with Crippen LogP contribution in [0.25, 0.3) is 0 Å². The van der Waals surface area contributed by atoms with E-state index in [1.54, 1.807) is 18.2 Å². The number of carbonyl (C=O) groups is 1. The van der Waals surface area contributed by atoms with E-state index in [-0.39, 0.29) is 30.3 Å². The molecule has 0 radical (unpaired) electrons. The molecule has 0 saturated heterocycles. The summed E-state index contributed by atoms with van der Waals surface area (Å²) in [5, 5.41) is 0. The normalized spacial score (nSPS) is 22.4. The minimum atomic E-state index is -3.47. The molecule has 1 fully saturated rings. The molecule has 1 heterocycles. The Labute approximate surface area is 168 Å². The monoisotopic (exact) mass is 415 g/mol. The Morgan fingerprint density at radius 1 is 1.26 bits per heavy atom. The van der Waals surface area contributed by atoms with Gasteiger partial charge in [-0.25, -0.2) is 8.42 Å². The van der Waals surface area contributed by atoms with E-state index in [2.05, 4.69) is 0 Å². The summed E-state index contributed by atoms with van der Waals surface area (Å²) in [6.07, 6.45) is 4.33. The van der Waals surface area contributed by atoms with Crippen LogP contribution in [0, 0.1) is 5.92 Å². The van der Waals surface area contributed by atoms with Gasteiger partial charge in [0.05, 0.1) is 4.90 Å². The number of amides is 1. The van der Waals surface area contributed by atoms with Crippen molar-refractivity contribution in [1.29, 1.82) is 0 Å². The van der Waals surface area contributed by atoms with E-state index in [4.69, 9.17) is 5.73 Å². The number of carbonyl (C=O) groups excluding carboxylic acids is 1. The van der Waals surface area contributed by atoms with E-state index < -0.39 is 10.0 Å². The maximum Gasteiger partial charge on any atom is 0.243 e. The number of fused-ring (bicyclic) bond motifs is 1. The molecule has 0 aromatic heterocycles. The minimum absolute atomic E-state index is 0. The molecule has 2 atom stereocenters.